The van der Waals surface area contributed by atoms with Crippen LogP contribution >= 0.6 is 11.8 Å². The Morgan fingerprint density at radius 1 is 1.23 bits per heavy atom. The van der Waals surface area contributed by atoms with Gasteiger partial charge >= 0.3 is 0 Å². The standard InChI is InChI=1S/C19H14N2O4S/c1-10-5-11(3-4-15(10)24-2)14-9-20-8-12-6-13(25-17(12)14)7-16-18(22)21-19(23)26-16/h3-9H,1-2H3,(H,21,22,23)/b16-7-. The van der Waals surface area contributed by atoms with E-state index in [1.807, 2.05) is 25.1 Å². The minimum Gasteiger partial charge on any atom is -0.496 e. The van der Waals surface area contributed by atoms with Gasteiger partial charge in [0, 0.05) is 29.4 Å². The van der Waals surface area contributed by atoms with Crippen LogP contribution in [0.2, 0.25) is 0 Å². The number of hydrogen-bond acceptors (Lipinski definition) is 6. The molecule has 130 valence electrons. The first kappa shape index (κ1) is 16.4. The lowest BCUT2D eigenvalue weighted by Crippen LogP contribution is -2.17. The molecule has 0 unspecified atom stereocenters. The van der Waals surface area contributed by atoms with Gasteiger partial charge in [-0.3, -0.25) is 19.9 Å². The molecule has 6 nitrogen and oxygen atoms in total. The minimum absolute atomic E-state index is 0.309. The lowest BCUT2D eigenvalue weighted by atomic mass is 10.0. The number of rotatable bonds is 3. The van der Waals surface area contributed by atoms with Crippen molar-refractivity contribution in [2.24, 2.45) is 0 Å². The van der Waals surface area contributed by atoms with Crippen molar-refractivity contribution in [2.75, 3.05) is 7.11 Å². The van der Waals surface area contributed by atoms with Crippen molar-refractivity contribution in [1.29, 1.82) is 0 Å². The summed E-state index contributed by atoms with van der Waals surface area (Å²) in [5.74, 6) is 0.893. The molecule has 0 radical (unpaired) electrons. The fraction of sp³-hybridized carbons (Fsp3) is 0.105. The second-order valence-electron chi connectivity index (χ2n) is 5.79. The van der Waals surface area contributed by atoms with Gasteiger partial charge in [0.15, 0.2) is 0 Å². The van der Waals surface area contributed by atoms with Gasteiger partial charge in [-0.25, -0.2) is 0 Å². The predicted octanol–water partition coefficient (Wildman–Crippen LogP) is 4.14. The molecule has 1 N–H and O–H groups in total. The first-order chi connectivity index (χ1) is 12.5. The van der Waals surface area contributed by atoms with Crippen LogP contribution in [0.15, 0.2) is 46.0 Å². The first-order valence-corrected chi connectivity index (χ1v) is 8.64. The number of carbonyl (C=O) groups excluding carboxylic acids is 2. The number of benzene rings is 1. The number of ether oxygens (including phenoxy) is 1. The van der Waals surface area contributed by atoms with E-state index >= 15 is 0 Å². The van der Waals surface area contributed by atoms with E-state index in [1.165, 1.54) is 0 Å². The van der Waals surface area contributed by atoms with Gasteiger partial charge in [0.05, 0.1) is 12.0 Å². The molecule has 0 spiro atoms. The number of nitrogens with zero attached hydrogens (tertiary/aromatic N) is 1. The lowest BCUT2D eigenvalue weighted by molar-refractivity contribution is -0.115. The van der Waals surface area contributed by atoms with Gasteiger partial charge in [0.1, 0.15) is 17.1 Å². The average molecular weight is 366 g/mol. The van der Waals surface area contributed by atoms with E-state index < -0.39 is 5.91 Å². The molecule has 4 rings (SSSR count). The summed E-state index contributed by atoms with van der Waals surface area (Å²) in [5, 5.41) is 2.66. The van der Waals surface area contributed by atoms with E-state index in [4.69, 9.17) is 9.15 Å². The quantitative estimate of drug-likeness (QED) is 0.702. The first-order valence-electron chi connectivity index (χ1n) is 7.82. The molecule has 0 aliphatic carbocycles. The van der Waals surface area contributed by atoms with Crippen LogP contribution < -0.4 is 10.1 Å². The van der Waals surface area contributed by atoms with Crippen LogP contribution in [0.5, 0.6) is 5.75 Å². The Morgan fingerprint density at radius 3 is 2.77 bits per heavy atom. The average Bonchev–Trinajstić information content (AvgIpc) is 3.16. The highest BCUT2D eigenvalue weighted by Crippen LogP contribution is 2.34. The van der Waals surface area contributed by atoms with E-state index in [0.29, 0.717) is 16.2 Å². The maximum Gasteiger partial charge on any atom is 0.290 e. The van der Waals surface area contributed by atoms with Gasteiger partial charge < -0.3 is 9.15 Å². The number of aryl methyl sites for hydroxylation is 1. The second kappa shape index (κ2) is 6.34. The van der Waals surface area contributed by atoms with E-state index in [2.05, 4.69) is 10.3 Å². The SMILES string of the molecule is COc1ccc(-c2cncc3cc(/C=C4\SC(=O)NC4=O)oc23)cc1C. The number of amides is 2. The predicted molar refractivity (Wildman–Crippen MR) is 99.8 cm³/mol. The Morgan fingerprint density at radius 2 is 2.08 bits per heavy atom. The number of aromatic nitrogens is 1. The monoisotopic (exact) mass is 366 g/mol. The highest BCUT2D eigenvalue weighted by atomic mass is 32.2. The summed E-state index contributed by atoms with van der Waals surface area (Å²) in [7, 11) is 1.64. The smallest absolute Gasteiger partial charge is 0.290 e. The summed E-state index contributed by atoms with van der Waals surface area (Å²) in [4.78, 5) is 27.6. The van der Waals surface area contributed by atoms with Crippen LogP contribution in [0.1, 0.15) is 11.3 Å². The molecule has 2 aromatic heterocycles. The summed E-state index contributed by atoms with van der Waals surface area (Å²) < 4.78 is 11.2. The number of imide groups is 1. The zero-order valence-corrected chi connectivity index (χ0v) is 14.8. The zero-order chi connectivity index (χ0) is 18.3. The molecule has 1 saturated heterocycles. The van der Waals surface area contributed by atoms with Crippen LogP contribution in [0.4, 0.5) is 4.79 Å². The topological polar surface area (TPSA) is 81.4 Å². The van der Waals surface area contributed by atoms with Crippen LogP contribution in [0.25, 0.3) is 28.2 Å². The van der Waals surface area contributed by atoms with Crippen molar-refractivity contribution < 1.29 is 18.7 Å². The Bertz CT molecular complexity index is 1080. The number of pyridine rings is 1. The third-order valence-electron chi connectivity index (χ3n) is 4.06. The van der Waals surface area contributed by atoms with E-state index in [0.717, 1.165) is 39.6 Å². The second-order valence-corrected chi connectivity index (χ2v) is 6.81. The highest BCUT2D eigenvalue weighted by molar-refractivity contribution is 8.18. The Hall–Kier alpha value is -3.06. The zero-order valence-electron chi connectivity index (χ0n) is 14.0. The summed E-state index contributed by atoms with van der Waals surface area (Å²) in [6.45, 7) is 1.97. The molecule has 7 heteroatoms. The van der Waals surface area contributed by atoms with E-state index in [-0.39, 0.29) is 5.24 Å². The summed E-state index contributed by atoms with van der Waals surface area (Å²) in [6.07, 6.45) is 5.01. The van der Waals surface area contributed by atoms with Crippen LogP contribution in [-0.4, -0.2) is 23.2 Å². The van der Waals surface area contributed by atoms with E-state index in [1.54, 1.807) is 31.6 Å². The van der Waals surface area contributed by atoms with Crippen molar-refractivity contribution >= 4 is 40.0 Å². The molecule has 1 fully saturated rings. The lowest BCUT2D eigenvalue weighted by Gasteiger charge is -2.07. The van der Waals surface area contributed by atoms with Crippen molar-refractivity contribution in [2.45, 2.75) is 6.92 Å². The maximum atomic E-state index is 11.7. The van der Waals surface area contributed by atoms with Gasteiger partial charge in [0.2, 0.25) is 0 Å². The molecule has 3 heterocycles. The molecule has 3 aromatic rings. The van der Waals surface area contributed by atoms with Gasteiger partial charge in [0.25, 0.3) is 11.1 Å². The molecular weight excluding hydrogens is 352 g/mol. The number of fused-ring (bicyclic) bond motifs is 1. The maximum absolute atomic E-state index is 11.7. The number of hydrogen-bond donors (Lipinski definition) is 1. The molecule has 2 amide bonds. The molecule has 1 aliphatic rings. The Balaban J connectivity index is 1.79. The molecule has 0 bridgehead atoms. The molecule has 26 heavy (non-hydrogen) atoms. The third kappa shape index (κ3) is 2.86. The number of furan rings is 1. The number of carbonyl (C=O) groups is 2. The molecule has 1 aliphatic heterocycles. The van der Waals surface area contributed by atoms with Gasteiger partial charge in [-0.1, -0.05) is 6.07 Å². The highest BCUT2D eigenvalue weighted by Gasteiger charge is 2.25. The van der Waals surface area contributed by atoms with Crippen LogP contribution in [-0.2, 0) is 4.79 Å². The third-order valence-corrected chi connectivity index (χ3v) is 4.87. The van der Waals surface area contributed by atoms with Gasteiger partial charge in [-0.05, 0) is 48.0 Å². The minimum atomic E-state index is -0.412. The molecular formula is C19H14N2O4S. The summed E-state index contributed by atoms with van der Waals surface area (Å²) in [5.41, 5.74) is 3.48. The van der Waals surface area contributed by atoms with Crippen LogP contribution in [0, 0.1) is 6.92 Å². The largest absolute Gasteiger partial charge is 0.496 e. The normalized spacial score (nSPS) is 15.7. The summed E-state index contributed by atoms with van der Waals surface area (Å²) >= 11 is 0.857. The molecule has 1 aromatic carbocycles. The Kier molecular flexibility index (Phi) is 4.00. The molecule has 0 atom stereocenters. The number of methoxy groups -OCH3 is 1. The molecule has 0 saturated carbocycles. The van der Waals surface area contributed by atoms with Crippen molar-refractivity contribution in [3.8, 4) is 16.9 Å². The van der Waals surface area contributed by atoms with Gasteiger partial charge in [-0.2, -0.15) is 0 Å². The van der Waals surface area contributed by atoms with Crippen LogP contribution in [0.3, 0.4) is 0 Å². The summed E-state index contributed by atoms with van der Waals surface area (Å²) in [6, 6.07) is 7.66. The Labute approximate surface area is 153 Å². The van der Waals surface area contributed by atoms with Crippen molar-refractivity contribution in [3.63, 3.8) is 0 Å². The fourth-order valence-electron chi connectivity index (χ4n) is 2.86. The van der Waals surface area contributed by atoms with E-state index in [9.17, 15) is 9.59 Å². The number of thioether (sulfide) groups is 1. The van der Waals surface area contributed by atoms with Gasteiger partial charge in [-0.15, -0.1) is 0 Å². The fourth-order valence-corrected chi connectivity index (χ4v) is 3.52. The number of nitrogens with one attached hydrogen (secondary N) is 1. The van der Waals surface area contributed by atoms with Crippen molar-refractivity contribution in [3.05, 3.63) is 52.9 Å². The van der Waals surface area contributed by atoms with Crippen molar-refractivity contribution in [1.82, 2.24) is 10.3 Å².